The van der Waals surface area contributed by atoms with E-state index in [1.807, 2.05) is 52.0 Å². The second-order valence-electron chi connectivity index (χ2n) is 7.15. The maximum Gasteiger partial charge on any atom is 0.491 e. The van der Waals surface area contributed by atoms with Gasteiger partial charge in [0.1, 0.15) is 0 Å². The Kier molecular flexibility index (Phi) is 4.40. The maximum absolute atomic E-state index is 11.5. The smallest absolute Gasteiger partial charge is 0.400 e. The largest absolute Gasteiger partial charge is 0.491 e. The highest BCUT2D eigenvalue weighted by Gasteiger charge is 2.52. The fourth-order valence-electron chi connectivity index (χ4n) is 2.67. The van der Waals surface area contributed by atoms with E-state index in [0.717, 1.165) is 21.8 Å². The number of fused-ring (bicyclic) bond motifs is 1. The van der Waals surface area contributed by atoms with Crippen LogP contribution in [0.15, 0.2) is 40.7 Å². The van der Waals surface area contributed by atoms with Gasteiger partial charge in [-0.1, -0.05) is 18.2 Å². The number of aromatic nitrogens is 1. The van der Waals surface area contributed by atoms with E-state index in [-0.39, 0.29) is 16.8 Å². The van der Waals surface area contributed by atoms with Crippen LogP contribution < -0.4 is 5.56 Å². The summed E-state index contributed by atoms with van der Waals surface area (Å²) in [5.41, 5.74) is 1.09. The number of rotatable bonds is 3. The van der Waals surface area contributed by atoms with Gasteiger partial charge in [0, 0.05) is 18.0 Å². The lowest BCUT2D eigenvalue weighted by molar-refractivity contribution is 0.00578. The molecule has 3 rings (SSSR count). The Bertz CT molecular complexity index is 841. The molecule has 0 bridgehead atoms. The van der Waals surface area contributed by atoms with Crippen molar-refractivity contribution in [1.29, 1.82) is 0 Å². The molecule has 6 heteroatoms. The summed E-state index contributed by atoms with van der Waals surface area (Å²) in [5, 5.41) is 1.90. The first kappa shape index (κ1) is 17.3. The molecule has 0 atom stereocenters. The normalized spacial score (nSPS) is 19.9. The van der Waals surface area contributed by atoms with Crippen molar-refractivity contribution in [2.24, 2.45) is 0 Å². The molecule has 0 unspecified atom stereocenters. The van der Waals surface area contributed by atoms with Gasteiger partial charge in [-0.25, -0.2) is 0 Å². The number of hydrogen-bond donors (Lipinski definition) is 2. The van der Waals surface area contributed by atoms with E-state index in [1.165, 1.54) is 0 Å². The minimum Gasteiger partial charge on any atom is -0.400 e. The SMILES string of the molecule is CC1(C)OB(C(=Cc2ccc3c[nH]c(=O)cc3c2)CS)OC1(C)C. The Balaban J connectivity index is 1.95. The van der Waals surface area contributed by atoms with E-state index in [0.29, 0.717) is 5.75 Å². The van der Waals surface area contributed by atoms with Crippen LogP contribution in [-0.4, -0.2) is 29.1 Å². The van der Waals surface area contributed by atoms with Gasteiger partial charge in [-0.15, -0.1) is 0 Å². The summed E-state index contributed by atoms with van der Waals surface area (Å²) in [6, 6.07) is 7.58. The number of H-pyrrole nitrogens is 1. The van der Waals surface area contributed by atoms with Gasteiger partial charge in [0.15, 0.2) is 0 Å². The molecule has 4 nitrogen and oxygen atoms in total. The molecule has 1 saturated heterocycles. The monoisotopic (exact) mass is 343 g/mol. The third-order valence-electron chi connectivity index (χ3n) is 4.86. The lowest BCUT2D eigenvalue weighted by Crippen LogP contribution is -2.41. The van der Waals surface area contributed by atoms with Gasteiger partial charge in [0.05, 0.1) is 11.2 Å². The van der Waals surface area contributed by atoms with Crippen molar-refractivity contribution in [2.75, 3.05) is 5.75 Å². The lowest BCUT2D eigenvalue weighted by Gasteiger charge is -2.32. The second kappa shape index (κ2) is 6.10. The van der Waals surface area contributed by atoms with E-state index in [2.05, 4.69) is 17.6 Å². The molecular formula is C18H22BNO3S. The van der Waals surface area contributed by atoms with Crippen LogP contribution in [0.1, 0.15) is 33.3 Å². The second-order valence-corrected chi connectivity index (χ2v) is 7.47. The fraction of sp³-hybridized carbons (Fsp3) is 0.389. The van der Waals surface area contributed by atoms with Crippen molar-refractivity contribution in [1.82, 2.24) is 4.98 Å². The van der Waals surface area contributed by atoms with Crippen LogP contribution in [0.3, 0.4) is 0 Å². The van der Waals surface area contributed by atoms with Gasteiger partial charge in [-0.3, -0.25) is 4.79 Å². The standard InChI is InChI=1S/C18H22BNO3S/c1-17(2)18(3,4)23-19(22-17)15(11-24)8-12-5-6-13-10-20-16(21)9-14(13)7-12/h5-10,24H,11H2,1-4H3,(H,20,21). The molecule has 1 aliphatic heterocycles. The first-order valence-electron chi connectivity index (χ1n) is 8.01. The highest BCUT2D eigenvalue weighted by Crippen LogP contribution is 2.39. The lowest BCUT2D eigenvalue weighted by atomic mass is 9.78. The molecule has 1 aliphatic rings. The molecule has 0 spiro atoms. The van der Waals surface area contributed by atoms with Crippen LogP contribution >= 0.6 is 12.6 Å². The van der Waals surface area contributed by atoms with Crippen LogP contribution in [-0.2, 0) is 9.31 Å². The molecule has 0 aliphatic carbocycles. The van der Waals surface area contributed by atoms with Gasteiger partial charge in [0.2, 0.25) is 5.56 Å². The van der Waals surface area contributed by atoms with E-state index < -0.39 is 7.12 Å². The van der Waals surface area contributed by atoms with Gasteiger partial charge in [-0.2, -0.15) is 12.6 Å². The summed E-state index contributed by atoms with van der Waals surface area (Å²) in [6.45, 7) is 8.13. The molecule has 0 saturated carbocycles. The summed E-state index contributed by atoms with van der Waals surface area (Å²) in [5.74, 6) is 0.532. The van der Waals surface area contributed by atoms with E-state index in [1.54, 1.807) is 12.3 Å². The number of hydrogen-bond acceptors (Lipinski definition) is 4. The van der Waals surface area contributed by atoms with E-state index >= 15 is 0 Å². The van der Waals surface area contributed by atoms with Crippen LogP contribution in [0.2, 0.25) is 0 Å². The third kappa shape index (κ3) is 3.18. The molecule has 126 valence electrons. The molecule has 0 amide bonds. The molecule has 0 radical (unpaired) electrons. The molecule has 24 heavy (non-hydrogen) atoms. The average molecular weight is 343 g/mol. The van der Waals surface area contributed by atoms with Crippen molar-refractivity contribution >= 4 is 36.6 Å². The van der Waals surface area contributed by atoms with Crippen molar-refractivity contribution in [2.45, 2.75) is 38.9 Å². The van der Waals surface area contributed by atoms with Crippen LogP contribution in [0.25, 0.3) is 16.8 Å². The van der Waals surface area contributed by atoms with Crippen molar-refractivity contribution in [3.63, 3.8) is 0 Å². The van der Waals surface area contributed by atoms with E-state index in [9.17, 15) is 4.79 Å². The minimum atomic E-state index is -0.414. The van der Waals surface area contributed by atoms with Gasteiger partial charge in [0.25, 0.3) is 0 Å². The Hall–Kier alpha value is -1.50. The fourth-order valence-corrected chi connectivity index (χ4v) is 2.91. The molecule has 1 fully saturated rings. The molecule has 1 aromatic carbocycles. The van der Waals surface area contributed by atoms with Crippen LogP contribution in [0, 0.1) is 0 Å². The third-order valence-corrected chi connectivity index (χ3v) is 5.22. The van der Waals surface area contributed by atoms with Gasteiger partial charge in [-0.05, 0) is 55.6 Å². The Morgan fingerprint density at radius 3 is 2.46 bits per heavy atom. The molecule has 2 aromatic rings. The van der Waals surface area contributed by atoms with Crippen LogP contribution in [0.5, 0.6) is 0 Å². The highest BCUT2D eigenvalue weighted by molar-refractivity contribution is 7.80. The predicted molar refractivity (Wildman–Crippen MR) is 102 cm³/mol. The first-order valence-corrected chi connectivity index (χ1v) is 8.64. The predicted octanol–water partition coefficient (Wildman–Crippen LogP) is 3.47. The number of benzene rings is 1. The summed E-state index contributed by atoms with van der Waals surface area (Å²) < 4.78 is 12.2. The first-order chi connectivity index (χ1) is 11.2. The number of nitrogens with one attached hydrogen (secondary N) is 1. The van der Waals surface area contributed by atoms with Crippen molar-refractivity contribution in [3.05, 3.63) is 51.9 Å². The summed E-state index contributed by atoms with van der Waals surface area (Å²) in [4.78, 5) is 14.2. The quantitative estimate of drug-likeness (QED) is 0.663. The summed E-state index contributed by atoms with van der Waals surface area (Å²) in [7, 11) is -0.414. The highest BCUT2D eigenvalue weighted by atomic mass is 32.1. The van der Waals surface area contributed by atoms with Gasteiger partial charge < -0.3 is 14.3 Å². The van der Waals surface area contributed by atoms with Crippen molar-refractivity contribution < 1.29 is 9.31 Å². The van der Waals surface area contributed by atoms with E-state index in [4.69, 9.17) is 9.31 Å². The van der Waals surface area contributed by atoms with Gasteiger partial charge >= 0.3 is 7.12 Å². The number of pyridine rings is 1. The molecule has 1 aromatic heterocycles. The molecule has 2 heterocycles. The molecular weight excluding hydrogens is 321 g/mol. The number of thiol groups is 1. The van der Waals surface area contributed by atoms with Crippen molar-refractivity contribution in [3.8, 4) is 0 Å². The zero-order valence-electron chi connectivity index (χ0n) is 14.4. The Morgan fingerprint density at radius 1 is 1.17 bits per heavy atom. The average Bonchev–Trinajstić information content (AvgIpc) is 2.72. The maximum atomic E-state index is 11.5. The minimum absolute atomic E-state index is 0.107. The summed E-state index contributed by atoms with van der Waals surface area (Å²) in [6.07, 6.45) is 3.74. The topological polar surface area (TPSA) is 51.3 Å². The number of aromatic amines is 1. The Morgan fingerprint density at radius 2 is 1.83 bits per heavy atom. The Labute approximate surface area is 147 Å². The van der Waals surface area contributed by atoms with Crippen LogP contribution in [0.4, 0.5) is 0 Å². The zero-order chi connectivity index (χ0) is 17.5. The molecule has 1 N–H and O–H groups in total. The zero-order valence-corrected chi connectivity index (χ0v) is 15.3. The summed E-state index contributed by atoms with van der Waals surface area (Å²) >= 11 is 4.44.